The van der Waals surface area contributed by atoms with Crippen LogP contribution in [0.2, 0.25) is 0 Å². The third kappa shape index (κ3) is 5.16. The summed E-state index contributed by atoms with van der Waals surface area (Å²) >= 11 is 0. The molecule has 1 aliphatic rings. The van der Waals surface area contributed by atoms with Crippen molar-refractivity contribution in [2.75, 3.05) is 34.5 Å². The van der Waals surface area contributed by atoms with E-state index in [9.17, 15) is 14.4 Å². The molecule has 1 aromatic carbocycles. The van der Waals surface area contributed by atoms with Crippen molar-refractivity contribution >= 4 is 17.8 Å². The Kier molecular flexibility index (Phi) is 8.19. The Balaban J connectivity index is 2.15. The van der Waals surface area contributed by atoms with Gasteiger partial charge in [0.15, 0.2) is 11.5 Å². The van der Waals surface area contributed by atoms with E-state index in [-0.39, 0.29) is 41.4 Å². The second kappa shape index (κ2) is 11.3. The van der Waals surface area contributed by atoms with Crippen molar-refractivity contribution in [1.82, 2.24) is 4.90 Å². The molecular formula is C25H27NO9. The number of benzene rings is 1. The van der Waals surface area contributed by atoms with Gasteiger partial charge in [-0.15, -0.1) is 0 Å². The number of rotatable bonds is 9. The summed E-state index contributed by atoms with van der Waals surface area (Å²) in [6.45, 7) is 3.53. The zero-order chi connectivity index (χ0) is 25.5. The van der Waals surface area contributed by atoms with Gasteiger partial charge in [-0.2, -0.15) is 0 Å². The van der Waals surface area contributed by atoms with E-state index in [1.165, 1.54) is 58.4 Å². The molecule has 0 saturated heterocycles. The fourth-order valence-corrected chi connectivity index (χ4v) is 3.69. The monoisotopic (exact) mass is 485 g/mol. The lowest BCUT2D eigenvalue weighted by Crippen LogP contribution is -2.32. The van der Waals surface area contributed by atoms with Crippen molar-refractivity contribution in [1.29, 1.82) is 0 Å². The van der Waals surface area contributed by atoms with Crippen LogP contribution in [-0.4, -0.2) is 57.3 Å². The van der Waals surface area contributed by atoms with Gasteiger partial charge in [0.2, 0.25) is 5.75 Å². The molecule has 186 valence electrons. The molecule has 0 aliphatic carbocycles. The molecule has 0 radical (unpaired) electrons. The SMILES string of the molecule is CCOC(=O)C1=CN(C(=O)c2cc(OC)c(OC)c(OC)c2)C=C(C(=O)OCC)C1c1ccoc1. The molecule has 35 heavy (non-hydrogen) atoms. The minimum Gasteiger partial charge on any atom is -0.493 e. The number of methoxy groups -OCH3 is 3. The molecule has 0 saturated carbocycles. The zero-order valence-electron chi connectivity index (χ0n) is 20.2. The molecule has 0 N–H and O–H groups in total. The molecule has 10 nitrogen and oxygen atoms in total. The smallest absolute Gasteiger partial charge is 0.336 e. The van der Waals surface area contributed by atoms with Gasteiger partial charge in [-0.3, -0.25) is 9.69 Å². The molecule has 0 bridgehead atoms. The van der Waals surface area contributed by atoms with Crippen molar-refractivity contribution in [2.45, 2.75) is 19.8 Å². The van der Waals surface area contributed by atoms with Crippen molar-refractivity contribution in [3.63, 3.8) is 0 Å². The van der Waals surface area contributed by atoms with Gasteiger partial charge in [0, 0.05) is 23.5 Å². The van der Waals surface area contributed by atoms with Crippen LogP contribution in [0, 0.1) is 0 Å². The lowest BCUT2D eigenvalue weighted by atomic mass is 9.84. The van der Waals surface area contributed by atoms with Crippen LogP contribution in [0.4, 0.5) is 0 Å². The van der Waals surface area contributed by atoms with Crippen LogP contribution in [-0.2, 0) is 19.1 Å². The summed E-state index contributed by atoms with van der Waals surface area (Å²) in [6.07, 6.45) is 5.52. The van der Waals surface area contributed by atoms with Gasteiger partial charge in [0.05, 0.1) is 64.1 Å². The van der Waals surface area contributed by atoms with Crippen molar-refractivity contribution < 1.29 is 42.5 Å². The number of carbonyl (C=O) groups is 3. The summed E-state index contributed by atoms with van der Waals surface area (Å²) in [5.41, 5.74) is 0.836. The second-order valence-electron chi connectivity index (χ2n) is 7.23. The average molecular weight is 485 g/mol. The van der Waals surface area contributed by atoms with Crippen LogP contribution >= 0.6 is 0 Å². The Morgan fingerprint density at radius 2 is 1.43 bits per heavy atom. The zero-order valence-corrected chi connectivity index (χ0v) is 20.2. The Labute approximate surface area is 202 Å². The summed E-state index contributed by atoms with van der Waals surface area (Å²) < 4.78 is 31.6. The number of esters is 2. The minimum absolute atomic E-state index is 0.0691. The number of carbonyl (C=O) groups excluding carboxylic acids is 3. The largest absolute Gasteiger partial charge is 0.493 e. The summed E-state index contributed by atoms with van der Waals surface area (Å²) in [7, 11) is 4.31. The van der Waals surface area contributed by atoms with Crippen LogP contribution in [0.1, 0.15) is 35.7 Å². The minimum atomic E-state index is -0.851. The average Bonchev–Trinajstić information content (AvgIpc) is 3.41. The fourth-order valence-electron chi connectivity index (χ4n) is 3.69. The molecule has 1 amide bonds. The van der Waals surface area contributed by atoms with E-state index < -0.39 is 23.8 Å². The third-order valence-electron chi connectivity index (χ3n) is 5.22. The molecule has 10 heteroatoms. The number of ether oxygens (including phenoxy) is 5. The molecule has 0 fully saturated rings. The van der Waals surface area contributed by atoms with Gasteiger partial charge in [-0.1, -0.05) is 0 Å². The first-order valence-corrected chi connectivity index (χ1v) is 10.8. The van der Waals surface area contributed by atoms with E-state index >= 15 is 0 Å². The normalized spacial score (nSPS) is 13.5. The Morgan fingerprint density at radius 3 is 1.83 bits per heavy atom. The van der Waals surface area contributed by atoms with Crippen molar-refractivity contribution in [3.05, 3.63) is 65.4 Å². The molecule has 0 spiro atoms. The maximum atomic E-state index is 13.5. The highest BCUT2D eigenvalue weighted by molar-refractivity contribution is 6.03. The first-order valence-electron chi connectivity index (χ1n) is 10.8. The summed E-state index contributed by atoms with van der Waals surface area (Å²) in [6, 6.07) is 4.57. The molecular weight excluding hydrogens is 458 g/mol. The van der Waals surface area contributed by atoms with Gasteiger partial charge >= 0.3 is 11.9 Å². The predicted molar refractivity (Wildman–Crippen MR) is 123 cm³/mol. The third-order valence-corrected chi connectivity index (χ3v) is 5.22. The fraction of sp³-hybridized carbons (Fsp3) is 0.320. The molecule has 0 atom stereocenters. The topological polar surface area (TPSA) is 114 Å². The quantitative estimate of drug-likeness (QED) is 0.493. The van der Waals surface area contributed by atoms with Gasteiger partial charge in [0.1, 0.15) is 0 Å². The molecule has 0 unspecified atom stereocenters. The second-order valence-corrected chi connectivity index (χ2v) is 7.23. The standard InChI is InChI=1S/C25H27NO9/c1-6-34-24(28)17-12-26(13-18(25(29)35-7-2)21(17)15-8-9-33-14-15)23(27)16-10-19(30-3)22(32-5)20(11-16)31-4/h8-14,21H,6-7H2,1-5H3. The molecule has 2 heterocycles. The first kappa shape index (κ1) is 25.4. The molecule has 3 rings (SSSR count). The molecule has 1 aromatic heterocycles. The van der Waals surface area contributed by atoms with E-state index in [1.54, 1.807) is 19.9 Å². The van der Waals surface area contributed by atoms with Crippen LogP contribution < -0.4 is 14.2 Å². The Hall–Kier alpha value is -4.21. The first-order chi connectivity index (χ1) is 16.9. The van der Waals surface area contributed by atoms with Crippen LogP contribution in [0.5, 0.6) is 17.2 Å². The number of hydrogen-bond donors (Lipinski definition) is 0. The number of nitrogens with zero attached hydrogens (tertiary/aromatic N) is 1. The lowest BCUT2D eigenvalue weighted by Gasteiger charge is -2.28. The van der Waals surface area contributed by atoms with Crippen LogP contribution in [0.25, 0.3) is 0 Å². The van der Waals surface area contributed by atoms with Crippen LogP contribution in [0.3, 0.4) is 0 Å². The van der Waals surface area contributed by atoms with Crippen LogP contribution in [0.15, 0.2) is 58.7 Å². The van der Waals surface area contributed by atoms with E-state index in [1.807, 2.05) is 0 Å². The molecule has 1 aliphatic heterocycles. The number of furan rings is 1. The predicted octanol–water partition coefficient (Wildman–Crippen LogP) is 3.44. The highest BCUT2D eigenvalue weighted by Gasteiger charge is 2.37. The van der Waals surface area contributed by atoms with Crippen molar-refractivity contribution in [2.24, 2.45) is 0 Å². The summed E-state index contributed by atoms with van der Waals surface area (Å²) in [4.78, 5) is 40.5. The number of hydrogen-bond acceptors (Lipinski definition) is 9. The summed E-state index contributed by atoms with van der Waals surface area (Å²) in [5, 5.41) is 0. The Morgan fingerprint density at radius 1 is 0.886 bits per heavy atom. The van der Waals surface area contributed by atoms with Gasteiger partial charge in [-0.05, 0) is 32.0 Å². The maximum Gasteiger partial charge on any atom is 0.336 e. The highest BCUT2D eigenvalue weighted by atomic mass is 16.5. The summed E-state index contributed by atoms with van der Waals surface area (Å²) in [5.74, 6) is -1.92. The number of amides is 1. The molecule has 2 aromatic rings. The van der Waals surface area contributed by atoms with E-state index in [4.69, 9.17) is 28.1 Å². The van der Waals surface area contributed by atoms with Gasteiger partial charge in [-0.25, -0.2) is 9.59 Å². The van der Waals surface area contributed by atoms with E-state index in [0.29, 0.717) is 11.3 Å². The van der Waals surface area contributed by atoms with Gasteiger partial charge in [0.25, 0.3) is 5.91 Å². The Bertz CT molecular complexity index is 1090. The van der Waals surface area contributed by atoms with E-state index in [0.717, 1.165) is 4.90 Å². The highest BCUT2D eigenvalue weighted by Crippen LogP contribution is 2.40. The lowest BCUT2D eigenvalue weighted by molar-refractivity contribution is -0.139. The van der Waals surface area contributed by atoms with E-state index in [2.05, 4.69) is 0 Å². The van der Waals surface area contributed by atoms with Crippen molar-refractivity contribution in [3.8, 4) is 17.2 Å². The maximum absolute atomic E-state index is 13.5. The van der Waals surface area contributed by atoms with Gasteiger partial charge < -0.3 is 28.1 Å².